The topological polar surface area (TPSA) is 159 Å². The molecule has 11 nitrogen and oxygen atoms in total. The van der Waals surface area contributed by atoms with E-state index in [1.54, 1.807) is 23.7 Å². The molecule has 6 N–H and O–H groups in total. The van der Waals surface area contributed by atoms with Gasteiger partial charge in [0.25, 0.3) is 5.56 Å². The molecule has 0 atom stereocenters. The van der Waals surface area contributed by atoms with Crippen LogP contribution in [0.2, 0.25) is 0 Å². The summed E-state index contributed by atoms with van der Waals surface area (Å²) in [5.41, 5.74) is 12.5. The minimum Gasteiger partial charge on any atom is -0.396 e. The highest BCUT2D eigenvalue weighted by Gasteiger charge is 2.18. The predicted molar refractivity (Wildman–Crippen MR) is 121 cm³/mol. The Morgan fingerprint density at radius 1 is 1.12 bits per heavy atom. The van der Waals surface area contributed by atoms with E-state index >= 15 is 4.39 Å². The minimum absolute atomic E-state index is 0.0686. The third-order valence-corrected chi connectivity index (χ3v) is 5.63. The first-order valence-corrected chi connectivity index (χ1v) is 10.1. The fourth-order valence-electron chi connectivity index (χ4n) is 3.83. The maximum atomic E-state index is 15.1. The van der Waals surface area contributed by atoms with Crippen LogP contribution in [0.25, 0.3) is 16.5 Å². The van der Waals surface area contributed by atoms with E-state index < -0.39 is 11.4 Å². The average Bonchev–Trinajstić information content (AvgIpc) is 3.06. The number of nitrogens with zero attached hydrogens (tertiary/aromatic N) is 5. The number of nitrogens with two attached hydrogens (primary N) is 2. The Labute approximate surface area is 186 Å². The van der Waals surface area contributed by atoms with Crippen molar-refractivity contribution in [2.45, 2.75) is 19.9 Å². The number of anilines is 4. The highest BCUT2D eigenvalue weighted by atomic mass is 19.1. The molecule has 0 saturated heterocycles. The number of carbonyl (C=O) groups excluding carboxylic acids is 1. The molecule has 1 aliphatic heterocycles. The number of rotatable bonds is 3. The van der Waals surface area contributed by atoms with E-state index in [4.69, 9.17) is 11.5 Å². The molecule has 0 bridgehead atoms. The molecule has 0 aliphatic carbocycles. The molecule has 168 valence electrons. The standard InChI is InChI=1S/C21H20FN9O2/c1-10-19(23)21(33)27-9-30(10)14-4-11-5-15(26-7-13(11)20(24)18(14)22)28-16-6-12-2-3-25-17(32)8-31(12)29-16/h4-7,9H,2-3,8,23-24H2,1H3,(H,25,32)(H,26,28,29). The van der Waals surface area contributed by atoms with Gasteiger partial charge in [-0.3, -0.25) is 18.8 Å². The molecule has 0 spiro atoms. The molecular weight excluding hydrogens is 429 g/mol. The summed E-state index contributed by atoms with van der Waals surface area (Å²) in [4.78, 5) is 31.5. The smallest absolute Gasteiger partial charge is 0.296 e. The van der Waals surface area contributed by atoms with Gasteiger partial charge in [0.1, 0.15) is 24.4 Å². The van der Waals surface area contributed by atoms with Crippen LogP contribution in [0.1, 0.15) is 11.4 Å². The monoisotopic (exact) mass is 449 g/mol. The van der Waals surface area contributed by atoms with Crippen LogP contribution in [0.15, 0.2) is 35.5 Å². The predicted octanol–water partition coefficient (Wildman–Crippen LogP) is 1.01. The molecule has 5 rings (SSSR count). The first-order chi connectivity index (χ1) is 15.8. The number of fused-ring (bicyclic) bond motifs is 2. The van der Waals surface area contributed by atoms with Gasteiger partial charge in [-0.2, -0.15) is 10.1 Å². The molecule has 4 heterocycles. The number of pyridine rings is 1. The number of benzene rings is 1. The van der Waals surface area contributed by atoms with Crippen molar-refractivity contribution in [2.24, 2.45) is 0 Å². The summed E-state index contributed by atoms with van der Waals surface area (Å²) in [5.74, 6) is 0.237. The van der Waals surface area contributed by atoms with Gasteiger partial charge in [-0.1, -0.05) is 0 Å². The van der Waals surface area contributed by atoms with Crippen molar-refractivity contribution < 1.29 is 9.18 Å². The number of nitrogen functional groups attached to an aromatic ring is 2. The minimum atomic E-state index is -0.672. The van der Waals surface area contributed by atoms with E-state index in [1.165, 1.54) is 17.1 Å². The first kappa shape index (κ1) is 20.4. The lowest BCUT2D eigenvalue weighted by Gasteiger charge is -2.15. The zero-order valence-electron chi connectivity index (χ0n) is 17.6. The zero-order valence-corrected chi connectivity index (χ0v) is 17.6. The van der Waals surface area contributed by atoms with Gasteiger partial charge in [-0.15, -0.1) is 0 Å². The quantitative estimate of drug-likeness (QED) is 0.337. The second-order valence-electron chi connectivity index (χ2n) is 7.74. The first-order valence-electron chi connectivity index (χ1n) is 10.1. The zero-order chi connectivity index (χ0) is 23.3. The van der Waals surface area contributed by atoms with Crippen molar-refractivity contribution in [2.75, 3.05) is 23.3 Å². The number of nitrogens with one attached hydrogen (secondary N) is 2. The molecule has 3 aromatic heterocycles. The number of halogens is 1. The number of carbonyl (C=O) groups is 1. The lowest BCUT2D eigenvalue weighted by molar-refractivity contribution is -0.121. The van der Waals surface area contributed by atoms with Crippen LogP contribution in [0, 0.1) is 12.7 Å². The molecule has 1 aliphatic rings. The lowest BCUT2D eigenvalue weighted by Crippen LogP contribution is -2.25. The van der Waals surface area contributed by atoms with Crippen LogP contribution in [-0.2, 0) is 17.8 Å². The third-order valence-electron chi connectivity index (χ3n) is 5.63. The molecule has 4 aromatic rings. The van der Waals surface area contributed by atoms with Crippen LogP contribution in [-0.4, -0.2) is 36.8 Å². The van der Waals surface area contributed by atoms with Gasteiger partial charge < -0.3 is 22.1 Å². The lowest BCUT2D eigenvalue weighted by atomic mass is 10.1. The fraction of sp³-hybridized carbons (Fsp3) is 0.190. The SMILES string of the molecule is Cc1c(N)c(=O)ncn1-c1cc2cc(Nc3cc4n(n3)CC(=O)NCC4)ncc2c(N)c1F. The van der Waals surface area contributed by atoms with E-state index in [0.717, 1.165) is 5.69 Å². The Kier molecular flexibility index (Phi) is 4.69. The Bertz CT molecular complexity index is 1490. The summed E-state index contributed by atoms with van der Waals surface area (Å²) >= 11 is 0. The van der Waals surface area contributed by atoms with Crippen molar-refractivity contribution in [3.05, 3.63) is 58.3 Å². The van der Waals surface area contributed by atoms with E-state index in [9.17, 15) is 9.59 Å². The average molecular weight is 449 g/mol. The van der Waals surface area contributed by atoms with Crippen LogP contribution in [0.5, 0.6) is 0 Å². The van der Waals surface area contributed by atoms with Crippen molar-refractivity contribution in [1.29, 1.82) is 0 Å². The molecule has 0 unspecified atom stereocenters. The van der Waals surface area contributed by atoms with Gasteiger partial charge in [-0.05, 0) is 24.4 Å². The maximum Gasteiger partial charge on any atom is 0.296 e. The van der Waals surface area contributed by atoms with Gasteiger partial charge in [0.2, 0.25) is 5.91 Å². The fourth-order valence-corrected chi connectivity index (χ4v) is 3.83. The van der Waals surface area contributed by atoms with Crippen molar-refractivity contribution >= 4 is 39.7 Å². The molecule has 1 aromatic carbocycles. The maximum absolute atomic E-state index is 15.1. The van der Waals surface area contributed by atoms with Gasteiger partial charge in [-0.25, -0.2) is 9.37 Å². The molecule has 1 amide bonds. The Balaban J connectivity index is 1.55. The summed E-state index contributed by atoms with van der Waals surface area (Å²) in [6.45, 7) is 2.30. The number of hydrogen-bond donors (Lipinski definition) is 4. The highest BCUT2D eigenvalue weighted by molar-refractivity contribution is 5.96. The molecule has 33 heavy (non-hydrogen) atoms. The molecule has 0 saturated carbocycles. The van der Waals surface area contributed by atoms with Crippen LogP contribution < -0.4 is 27.7 Å². The summed E-state index contributed by atoms with van der Waals surface area (Å²) in [7, 11) is 0. The molecule has 0 fully saturated rings. The largest absolute Gasteiger partial charge is 0.396 e. The van der Waals surface area contributed by atoms with E-state index in [0.29, 0.717) is 41.1 Å². The molecule has 12 heteroatoms. The van der Waals surface area contributed by atoms with Crippen molar-refractivity contribution in [3.8, 4) is 5.69 Å². The van der Waals surface area contributed by atoms with Crippen LogP contribution in [0.4, 0.5) is 27.4 Å². The summed E-state index contributed by atoms with van der Waals surface area (Å²) < 4.78 is 18.1. The van der Waals surface area contributed by atoms with Crippen molar-refractivity contribution in [3.63, 3.8) is 0 Å². The highest BCUT2D eigenvalue weighted by Crippen LogP contribution is 2.31. The summed E-state index contributed by atoms with van der Waals surface area (Å²) in [6.07, 6.45) is 3.35. The van der Waals surface area contributed by atoms with Crippen LogP contribution >= 0.6 is 0 Å². The molecular formula is C21H20FN9O2. The Morgan fingerprint density at radius 3 is 2.76 bits per heavy atom. The summed E-state index contributed by atoms with van der Waals surface area (Å²) in [5, 5.41) is 11.4. The Morgan fingerprint density at radius 2 is 1.94 bits per heavy atom. The van der Waals surface area contributed by atoms with Crippen molar-refractivity contribution in [1.82, 2.24) is 29.6 Å². The second-order valence-corrected chi connectivity index (χ2v) is 7.74. The number of hydrogen-bond acceptors (Lipinski definition) is 8. The van der Waals surface area contributed by atoms with E-state index in [-0.39, 0.29) is 29.5 Å². The third kappa shape index (κ3) is 3.50. The molecule has 0 radical (unpaired) electrons. The van der Waals surface area contributed by atoms with Gasteiger partial charge in [0, 0.05) is 42.0 Å². The van der Waals surface area contributed by atoms with E-state index in [1.807, 2.05) is 6.07 Å². The van der Waals surface area contributed by atoms with Gasteiger partial charge in [0.15, 0.2) is 11.6 Å². The Hall–Kier alpha value is -4.48. The van der Waals surface area contributed by atoms with Crippen LogP contribution in [0.3, 0.4) is 0 Å². The van der Waals surface area contributed by atoms with Gasteiger partial charge in [0.05, 0.1) is 11.4 Å². The number of aromatic nitrogens is 5. The number of amides is 1. The second kappa shape index (κ2) is 7.58. The van der Waals surface area contributed by atoms with E-state index in [2.05, 4.69) is 25.7 Å². The normalized spacial score (nSPS) is 13.5. The summed E-state index contributed by atoms with van der Waals surface area (Å²) in [6, 6.07) is 5.15. The van der Waals surface area contributed by atoms with Gasteiger partial charge >= 0.3 is 0 Å².